The second kappa shape index (κ2) is 6.86. The first-order chi connectivity index (χ1) is 6.96. The van der Waals surface area contributed by atoms with Gasteiger partial charge in [-0.05, 0) is 18.3 Å². The molecule has 0 radical (unpaired) electrons. The van der Waals surface area contributed by atoms with Crippen LogP contribution in [-0.2, 0) is 4.79 Å². The number of rotatable bonds is 7. The first-order valence-corrected chi connectivity index (χ1v) is 6.18. The molecule has 0 fully saturated rings. The van der Waals surface area contributed by atoms with Crippen molar-refractivity contribution in [1.82, 2.24) is 5.32 Å². The molecule has 0 aromatic rings. The molecule has 2 nitrogen and oxygen atoms in total. The molecule has 0 aliphatic rings. The molecule has 0 bridgehead atoms. The van der Waals surface area contributed by atoms with Crippen LogP contribution >= 0.6 is 0 Å². The maximum absolute atomic E-state index is 11.7. The van der Waals surface area contributed by atoms with Gasteiger partial charge in [0.25, 0.3) is 0 Å². The van der Waals surface area contributed by atoms with E-state index in [0.29, 0.717) is 0 Å². The lowest BCUT2D eigenvalue weighted by Gasteiger charge is -2.27. The minimum atomic E-state index is 0.199. The lowest BCUT2D eigenvalue weighted by molar-refractivity contribution is -0.125. The Morgan fingerprint density at radius 3 is 2.33 bits per heavy atom. The molecule has 0 saturated heterocycles. The predicted molar refractivity (Wildman–Crippen MR) is 65.8 cm³/mol. The maximum Gasteiger partial charge on any atom is 0.222 e. The Hall–Kier alpha value is -0.530. The molecule has 0 aromatic carbocycles. The fraction of sp³-hybridized carbons (Fsp3) is 0.923. The average molecular weight is 213 g/mol. The molecule has 0 aromatic heterocycles. The summed E-state index contributed by atoms with van der Waals surface area (Å²) in [6.07, 6.45) is 5.48. The smallest absolute Gasteiger partial charge is 0.222 e. The van der Waals surface area contributed by atoms with Crippen molar-refractivity contribution in [2.45, 2.75) is 59.8 Å². The van der Waals surface area contributed by atoms with E-state index in [9.17, 15) is 4.79 Å². The highest BCUT2D eigenvalue weighted by Gasteiger charge is 2.25. The highest BCUT2D eigenvalue weighted by Crippen LogP contribution is 2.31. The summed E-state index contributed by atoms with van der Waals surface area (Å²) in [5.41, 5.74) is 0.283. The lowest BCUT2D eigenvalue weighted by Crippen LogP contribution is -2.31. The Morgan fingerprint density at radius 2 is 1.93 bits per heavy atom. The molecule has 1 amide bonds. The Kier molecular flexibility index (Phi) is 6.62. The predicted octanol–water partition coefficient (Wildman–Crippen LogP) is 3.37. The third kappa shape index (κ3) is 5.81. The molecule has 1 N–H and O–H groups in total. The summed E-state index contributed by atoms with van der Waals surface area (Å²) in [4.78, 5) is 11.7. The van der Waals surface area contributed by atoms with Gasteiger partial charge in [-0.1, -0.05) is 47.0 Å². The number of hydrogen-bond donors (Lipinski definition) is 1. The summed E-state index contributed by atoms with van der Waals surface area (Å²) >= 11 is 0. The van der Waals surface area contributed by atoms with Crippen LogP contribution in [0, 0.1) is 11.3 Å². The number of unbranched alkanes of at least 4 members (excludes halogenated alkanes) is 1. The molecular formula is C13H27NO. The summed E-state index contributed by atoms with van der Waals surface area (Å²) in [5, 5.41) is 2.78. The normalized spacial score (nSPS) is 13.7. The molecule has 1 unspecified atom stereocenters. The van der Waals surface area contributed by atoms with E-state index < -0.39 is 0 Å². The van der Waals surface area contributed by atoms with Gasteiger partial charge in [-0.2, -0.15) is 0 Å². The zero-order chi connectivity index (χ0) is 11.9. The van der Waals surface area contributed by atoms with Crippen molar-refractivity contribution in [1.29, 1.82) is 0 Å². The fourth-order valence-corrected chi connectivity index (χ4v) is 1.79. The number of hydrogen-bond acceptors (Lipinski definition) is 1. The van der Waals surface area contributed by atoms with Gasteiger partial charge < -0.3 is 5.32 Å². The van der Waals surface area contributed by atoms with Crippen LogP contribution in [0.3, 0.4) is 0 Å². The second-order valence-electron chi connectivity index (χ2n) is 5.18. The molecule has 0 heterocycles. The van der Waals surface area contributed by atoms with Crippen LogP contribution in [0.25, 0.3) is 0 Å². The summed E-state index contributed by atoms with van der Waals surface area (Å²) in [6.45, 7) is 8.86. The minimum absolute atomic E-state index is 0.199. The summed E-state index contributed by atoms with van der Waals surface area (Å²) in [5.74, 6) is 0.412. The van der Waals surface area contributed by atoms with Crippen LogP contribution in [0.2, 0.25) is 0 Å². The van der Waals surface area contributed by atoms with Crippen LogP contribution in [0.5, 0.6) is 0 Å². The van der Waals surface area contributed by atoms with E-state index in [4.69, 9.17) is 0 Å². The molecular weight excluding hydrogens is 186 g/mol. The standard InChI is InChI=1S/C13H27NO/c1-6-8-9-11(12(15)14-5)10-13(3,4)7-2/h11H,6-10H2,1-5H3,(H,14,15). The zero-order valence-corrected chi connectivity index (χ0v) is 11.0. The number of nitrogens with one attached hydrogen (secondary N) is 1. The van der Waals surface area contributed by atoms with E-state index in [2.05, 4.69) is 33.0 Å². The van der Waals surface area contributed by atoms with E-state index >= 15 is 0 Å². The number of amides is 1. The van der Waals surface area contributed by atoms with Crippen LogP contribution in [0.15, 0.2) is 0 Å². The lowest BCUT2D eigenvalue weighted by atomic mass is 9.78. The Balaban J connectivity index is 4.30. The molecule has 0 spiro atoms. The van der Waals surface area contributed by atoms with Crippen molar-refractivity contribution in [3.05, 3.63) is 0 Å². The third-order valence-corrected chi connectivity index (χ3v) is 3.28. The van der Waals surface area contributed by atoms with Gasteiger partial charge in [-0.25, -0.2) is 0 Å². The maximum atomic E-state index is 11.7. The first kappa shape index (κ1) is 14.5. The third-order valence-electron chi connectivity index (χ3n) is 3.28. The van der Waals surface area contributed by atoms with Gasteiger partial charge in [0, 0.05) is 13.0 Å². The van der Waals surface area contributed by atoms with Crippen LogP contribution in [-0.4, -0.2) is 13.0 Å². The van der Waals surface area contributed by atoms with E-state index in [1.54, 1.807) is 7.05 Å². The van der Waals surface area contributed by atoms with Crippen LogP contribution in [0.4, 0.5) is 0 Å². The Bertz CT molecular complexity index is 187. The van der Waals surface area contributed by atoms with Crippen molar-refractivity contribution >= 4 is 5.91 Å². The molecule has 0 aliphatic heterocycles. The number of carbonyl (C=O) groups excluding carboxylic acids is 1. The van der Waals surface area contributed by atoms with E-state index in [1.165, 1.54) is 6.42 Å². The quantitative estimate of drug-likeness (QED) is 0.690. The van der Waals surface area contributed by atoms with Crippen molar-refractivity contribution in [2.24, 2.45) is 11.3 Å². The Labute approximate surface area is 94.8 Å². The van der Waals surface area contributed by atoms with Crippen molar-refractivity contribution in [3.63, 3.8) is 0 Å². The van der Waals surface area contributed by atoms with Gasteiger partial charge in [0.2, 0.25) is 5.91 Å². The van der Waals surface area contributed by atoms with E-state index in [1.807, 2.05) is 0 Å². The molecule has 2 heteroatoms. The largest absolute Gasteiger partial charge is 0.359 e. The topological polar surface area (TPSA) is 29.1 Å². The van der Waals surface area contributed by atoms with Crippen molar-refractivity contribution in [3.8, 4) is 0 Å². The van der Waals surface area contributed by atoms with Gasteiger partial charge >= 0.3 is 0 Å². The first-order valence-electron chi connectivity index (χ1n) is 6.18. The van der Waals surface area contributed by atoms with Crippen molar-refractivity contribution < 1.29 is 4.79 Å². The van der Waals surface area contributed by atoms with Gasteiger partial charge in [-0.3, -0.25) is 4.79 Å². The molecule has 0 saturated carbocycles. The number of carbonyl (C=O) groups is 1. The van der Waals surface area contributed by atoms with Gasteiger partial charge in [-0.15, -0.1) is 0 Å². The fourth-order valence-electron chi connectivity index (χ4n) is 1.79. The summed E-state index contributed by atoms with van der Waals surface area (Å²) < 4.78 is 0. The van der Waals surface area contributed by atoms with Crippen LogP contribution < -0.4 is 5.32 Å². The molecule has 90 valence electrons. The molecule has 0 rings (SSSR count). The van der Waals surface area contributed by atoms with E-state index in [-0.39, 0.29) is 17.2 Å². The Morgan fingerprint density at radius 1 is 1.33 bits per heavy atom. The molecule has 1 atom stereocenters. The molecule has 15 heavy (non-hydrogen) atoms. The van der Waals surface area contributed by atoms with Crippen LogP contribution in [0.1, 0.15) is 59.8 Å². The van der Waals surface area contributed by atoms with Crippen molar-refractivity contribution in [2.75, 3.05) is 7.05 Å². The summed E-state index contributed by atoms with van der Waals surface area (Å²) in [6, 6.07) is 0. The van der Waals surface area contributed by atoms with Gasteiger partial charge in [0.05, 0.1) is 0 Å². The minimum Gasteiger partial charge on any atom is -0.359 e. The SMILES string of the molecule is CCCCC(CC(C)(C)CC)C(=O)NC. The highest BCUT2D eigenvalue weighted by molar-refractivity contribution is 5.78. The average Bonchev–Trinajstić information content (AvgIpc) is 2.23. The van der Waals surface area contributed by atoms with E-state index in [0.717, 1.165) is 25.7 Å². The second-order valence-corrected chi connectivity index (χ2v) is 5.18. The van der Waals surface area contributed by atoms with Gasteiger partial charge in [0.15, 0.2) is 0 Å². The van der Waals surface area contributed by atoms with Gasteiger partial charge in [0.1, 0.15) is 0 Å². The monoisotopic (exact) mass is 213 g/mol. The summed E-state index contributed by atoms with van der Waals surface area (Å²) in [7, 11) is 1.74. The highest BCUT2D eigenvalue weighted by atomic mass is 16.1. The zero-order valence-electron chi connectivity index (χ0n) is 11.0. The molecule has 0 aliphatic carbocycles.